The molecule has 0 aliphatic carbocycles. The second-order valence-corrected chi connectivity index (χ2v) is 4.84. The van der Waals surface area contributed by atoms with Crippen LogP contribution in [0.5, 0.6) is 0 Å². The Morgan fingerprint density at radius 2 is 2.21 bits per heavy atom. The zero-order chi connectivity index (χ0) is 14.5. The molecule has 1 amide bonds. The third-order valence-corrected chi connectivity index (χ3v) is 2.86. The third-order valence-electron chi connectivity index (χ3n) is 2.49. The van der Waals surface area contributed by atoms with E-state index < -0.39 is 11.7 Å². The maximum absolute atomic E-state index is 10.5. The van der Waals surface area contributed by atoms with Gasteiger partial charge in [-0.1, -0.05) is 23.4 Å². The number of nitrogens with one attached hydrogen (secondary N) is 1. The summed E-state index contributed by atoms with van der Waals surface area (Å²) in [6, 6.07) is 5.24. The molecule has 2 N–H and O–H groups in total. The Bertz CT molecular complexity index is 529. The van der Waals surface area contributed by atoms with Crippen molar-refractivity contribution < 1.29 is 14.6 Å². The highest BCUT2D eigenvalue weighted by molar-refractivity contribution is 6.31. The lowest BCUT2D eigenvalue weighted by atomic mass is 10.1. The Morgan fingerprint density at radius 1 is 1.53 bits per heavy atom. The van der Waals surface area contributed by atoms with Gasteiger partial charge in [-0.25, -0.2) is 4.79 Å². The van der Waals surface area contributed by atoms with Crippen LogP contribution in [-0.4, -0.2) is 23.9 Å². The topological polar surface area (TPSA) is 58.6 Å². The lowest BCUT2D eigenvalue weighted by Gasteiger charge is -2.14. The van der Waals surface area contributed by atoms with Crippen molar-refractivity contribution in [3.05, 3.63) is 34.3 Å². The fourth-order valence-corrected chi connectivity index (χ4v) is 1.42. The van der Waals surface area contributed by atoms with Crippen molar-refractivity contribution in [2.24, 2.45) is 0 Å². The van der Waals surface area contributed by atoms with Gasteiger partial charge in [-0.05, 0) is 37.6 Å². The molecule has 0 saturated carbocycles. The summed E-state index contributed by atoms with van der Waals surface area (Å²) in [6.07, 6.45) is -1.09. The average Bonchev–Trinajstić information content (AvgIpc) is 2.36. The summed E-state index contributed by atoms with van der Waals surface area (Å²) < 4.78 is 5.20. The number of amides is 1. The van der Waals surface area contributed by atoms with Crippen molar-refractivity contribution in [3.63, 3.8) is 0 Å². The van der Waals surface area contributed by atoms with Crippen LogP contribution < -0.4 is 5.32 Å². The van der Waals surface area contributed by atoms with Crippen molar-refractivity contribution in [2.75, 3.05) is 7.11 Å². The van der Waals surface area contributed by atoms with Crippen molar-refractivity contribution in [2.45, 2.75) is 26.0 Å². The summed E-state index contributed by atoms with van der Waals surface area (Å²) in [5.74, 6) is 5.97. The molecule has 5 heteroatoms. The SMILES string of the molecule is COC(C)(C)C#Cc1ccc(Cl)c(CNC(=O)O)c1. The molecule has 19 heavy (non-hydrogen) atoms. The van der Waals surface area contributed by atoms with E-state index in [1.807, 2.05) is 13.8 Å². The first kappa shape index (κ1) is 15.4. The second kappa shape index (κ2) is 6.46. The van der Waals surface area contributed by atoms with Gasteiger partial charge in [0.2, 0.25) is 0 Å². The number of benzene rings is 1. The molecule has 0 aromatic heterocycles. The Labute approximate surface area is 117 Å². The minimum Gasteiger partial charge on any atom is -0.465 e. The first-order chi connectivity index (χ1) is 8.84. The summed E-state index contributed by atoms with van der Waals surface area (Å²) >= 11 is 5.99. The van der Waals surface area contributed by atoms with Gasteiger partial charge >= 0.3 is 6.09 Å². The molecule has 1 rings (SSSR count). The molecule has 0 radical (unpaired) electrons. The van der Waals surface area contributed by atoms with Gasteiger partial charge in [0.1, 0.15) is 5.60 Å². The predicted molar refractivity (Wildman–Crippen MR) is 74.3 cm³/mol. The summed E-state index contributed by atoms with van der Waals surface area (Å²) in [7, 11) is 1.60. The molecular weight excluding hydrogens is 266 g/mol. The van der Waals surface area contributed by atoms with E-state index in [0.29, 0.717) is 10.6 Å². The smallest absolute Gasteiger partial charge is 0.404 e. The fraction of sp³-hybridized carbons (Fsp3) is 0.357. The number of rotatable bonds is 3. The van der Waals surface area contributed by atoms with Gasteiger partial charge in [0.15, 0.2) is 0 Å². The predicted octanol–water partition coefficient (Wildman–Crippen LogP) is 2.88. The van der Waals surface area contributed by atoms with Crippen molar-refractivity contribution in [1.29, 1.82) is 0 Å². The van der Waals surface area contributed by atoms with Crippen molar-refractivity contribution in [3.8, 4) is 11.8 Å². The van der Waals surface area contributed by atoms with Crippen LogP contribution in [0.15, 0.2) is 18.2 Å². The highest BCUT2D eigenvalue weighted by Gasteiger charge is 2.11. The van der Waals surface area contributed by atoms with Gasteiger partial charge in [-0.2, -0.15) is 0 Å². The van der Waals surface area contributed by atoms with Gasteiger partial charge in [0, 0.05) is 24.2 Å². The van der Waals surface area contributed by atoms with Crippen LogP contribution in [0.4, 0.5) is 4.79 Å². The molecule has 0 unspecified atom stereocenters. The van der Waals surface area contributed by atoms with E-state index in [4.69, 9.17) is 21.4 Å². The summed E-state index contributed by atoms with van der Waals surface area (Å²) in [6.45, 7) is 3.88. The number of carboxylic acid groups (broad SMARTS) is 1. The standard InChI is InChI=1S/C14H16ClNO3/c1-14(2,19-3)7-6-10-4-5-12(15)11(8-10)9-16-13(17)18/h4-5,8,16H,9H2,1-3H3,(H,17,18). The van der Waals surface area contributed by atoms with Crippen molar-refractivity contribution >= 4 is 17.7 Å². The molecule has 0 aliphatic rings. The van der Waals surface area contributed by atoms with E-state index in [-0.39, 0.29) is 6.54 Å². The Morgan fingerprint density at radius 3 is 2.79 bits per heavy atom. The van der Waals surface area contributed by atoms with Crippen LogP contribution in [0.25, 0.3) is 0 Å². The van der Waals surface area contributed by atoms with Gasteiger partial charge in [0.05, 0.1) is 0 Å². The van der Waals surface area contributed by atoms with E-state index in [1.54, 1.807) is 25.3 Å². The van der Waals surface area contributed by atoms with E-state index in [9.17, 15) is 4.79 Å². The summed E-state index contributed by atoms with van der Waals surface area (Å²) in [4.78, 5) is 10.5. The lowest BCUT2D eigenvalue weighted by Crippen LogP contribution is -2.20. The van der Waals surface area contributed by atoms with E-state index in [1.165, 1.54) is 0 Å². The quantitative estimate of drug-likeness (QED) is 0.838. The van der Waals surface area contributed by atoms with Crippen LogP contribution in [0.1, 0.15) is 25.0 Å². The first-order valence-corrected chi connectivity index (χ1v) is 6.05. The largest absolute Gasteiger partial charge is 0.465 e. The lowest BCUT2D eigenvalue weighted by molar-refractivity contribution is 0.0741. The number of methoxy groups -OCH3 is 1. The molecule has 0 fully saturated rings. The van der Waals surface area contributed by atoms with Gasteiger partial charge in [-0.3, -0.25) is 0 Å². The molecule has 0 bridgehead atoms. The number of hydrogen-bond acceptors (Lipinski definition) is 2. The molecule has 1 aromatic carbocycles. The zero-order valence-corrected chi connectivity index (χ0v) is 11.8. The summed E-state index contributed by atoms with van der Waals surface area (Å²) in [5.41, 5.74) is 0.918. The second-order valence-electron chi connectivity index (χ2n) is 4.43. The highest BCUT2D eigenvalue weighted by Crippen LogP contribution is 2.17. The molecule has 0 heterocycles. The number of halogens is 1. The van der Waals surface area contributed by atoms with Crippen LogP contribution in [0.2, 0.25) is 5.02 Å². The molecule has 0 atom stereocenters. The molecule has 0 saturated heterocycles. The average molecular weight is 282 g/mol. The minimum atomic E-state index is -1.09. The van der Waals surface area contributed by atoms with Gasteiger partial charge < -0.3 is 15.2 Å². The molecule has 102 valence electrons. The monoisotopic (exact) mass is 281 g/mol. The minimum absolute atomic E-state index is 0.150. The maximum Gasteiger partial charge on any atom is 0.404 e. The Balaban J connectivity index is 2.93. The molecule has 1 aromatic rings. The van der Waals surface area contributed by atoms with Crippen LogP contribution in [0, 0.1) is 11.8 Å². The molecule has 0 spiro atoms. The molecular formula is C14H16ClNO3. The zero-order valence-electron chi connectivity index (χ0n) is 11.1. The molecule has 0 aliphatic heterocycles. The van der Waals surface area contributed by atoms with Crippen LogP contribution in [0.3, 0.4) is 0 Å². The third kappa shape index (κ3) is 5.21. The van der Waals surface area contributed by atoms with E-state index >= 15 is 0 Å². The van der Waals surface area contributed by atoms with Gasteiger partial charge in [-0.15, -0.1) is 0 Å². The number of ether oxygens (including phenoxy) is 1. The number of carbonyl (C=O) groups is 1. The maximum atomic E-state index is 10.5. The van der Waals surface area contributed by atoms with Crippen LogP contribution >= 0.6 is 11.6 Å². The fourth-order valence-electron chi connectivity index (χ4n) is 1.23. The normalized spacial score (nSPS) is 10.5. The van der Waals surface area contributed by atoms with E-state index in [2.05, 4.69) is 17.2 Å². The van der Waals surface area contributed by atoms with Crippen molar-refractivity contribution in [1.82, 2.24) is 5.32 Å². The van der Waals surface area contributed by atoms with E-state index in [0.717, 1.165) is 5.56 Å². The first-order valence-electron chi connectivity index (χ1n) is 5.67. The van der Waals surface area contributed by atoms with Crippen LogP contribution in [-0.2, 0) is 11.3 Å². The number of hydrogen-bond donors (Lipinski definition) is 2. The molecule has 4 nitrogen and oxygen atoms in total. The highest BCUT2D eigenvalue weighted by atomic mass is 35.5. The van der Waals surface area contributed by atoms with Gasteiger partial charge in [0.25, 0.3) is 0 Å². The summed E-state index contributed by atoms with van der Waals surface area (Å²) in [5, 5.41) is 11.4. The Kier molecular flexibility index (Phi) is 5.22. The Hall–Kier alpha value is -1.70.